The molecule has 0 spiro atoms. The average Bonchev–Trinajstić information content (AvgIpc) is 2.48. The van der Waals surface area contributed by atoms with Crippen molar-refractivity contribution in [1.29, 1.82) is 0 Å². The first-order chi connectivity index (χ1) is 9.38. The Bertz CT molecular complexity index is 429. The van der Waals surface area contributed by atoms with Crippen molar-refractivity contribution in [2.24, 2.45) is 0 Å². The Morgan fingerprint density at radius 2 is 2.26 bits per heavy atom. The maximum atomic E-state index is 4.90. The van der Waals surface area contributed by atoms with Crippen molar-refractivity contribution >= 4 is 11.8 Å². The van der Waals surface area contributed by atoms with Gasteiger partial charge in [-0.3, -0.25) is 0 Å². The maximum absolute atomic E-state index is 4.90. The first kappa shape index (κ1) is 13.4. The molecular formula is C15H23N3S. The molecule has 2 heterocycles. The Labute approximate surface area is 120 Å². The number of rotatable bonds is 3. The molecule has 104 valence electrons. The summed E-state index contributed by atoms with van der Waals surface area (Å²) in [6, 6.07) is 0.474. The van der Waals surface area contributed by atoms with Crippen LogP contribution in [0.3, 0.4) is 0 Å². The SMILES string of the molecule is CCNC1CCCc2nc(C3CCCCS3)ncc21. The minimum Gasteiger partial charge on any atom is -0.310 e. The molecule has 0 saturated carbocycles. The van der Waals surface area contributed by atoms with Gasteiger partial charge in [0.25, 0.3) is 0 Å². The van der Waals surface area contributed by atoms with Crippen LogP contribution in [0.5, 0.6) is 0 Å². The molecule has 2 aliphatic rings. The summed E-state index contributed by atoms with van der Waals surface area (Å²) < 4.78 is 0. The van der Waals surface area contributed by atoms with Gasteiger partial charge in [0.05, 0.1) is 5.25 Å². The molecule has 1 aliphatic heterocycles. The van der Waals surface area contributed by atoms with Gasteiger partial charge in [-0.2, -0.15) is 11.8 Å². The van der Waals surface area contributed by atoms with Crippen molar-refractivity contribution < 1.29 is 0 Å². The largest absolute Gasteiger partial charge is 0.310 e. The van der Waals surface area contributed by atoms with Gasteiger partial charge in [0.1, 0.15) is 5.82 Å². The third-order valence-electron chi connectivity index (χ3n) is 4.12. The number of fused-ring (bicyclic) bond motifs is 1. The lowest BCUT2D eigenvalue weighted by molar-refractivity contribution is 0.462. The predicted octanol–water partition coefficient (Wildman–Crippen LogP) is 3.42. The molecule has 1 aromatic heterocycles. The van der Waals surface area contributed by atoms with Gasteiger partial charge >= 0.3 is 0 Å². The van der Waals surface area contributed by atoms with Gasteiger partial charge in [-0.15, -0.1) is 0 Å². The molecule has 2 atom stereocenters. The quantitative estimate of drug-likeness (QED) is 0.918. The summed E-state index contributed by atoms with van der Waals surface area (Å²) in [6.45, 7) is 3.19. The van der Waals surface area contributed by atoms with Crippen LogP contribution in [0.2, 0.25) is 0 Å². The van der Waals surface area contributed by atoms with Crippen LogP contribution in [-0.2, 0) is 6.42 Å². The second kappa shape index (κ2) is 6.23. The lowest BCUT2D eigenvalue weighted by Crippen LogP contribution is -2.26. The molecule has 0 bridgehead atoms. The highest BCUT2D eigenvalue weighted by Gasteiger charge is 2.24. The van der Waals surface area contributed by atoms with Crippen LogP contribution in [0.1, 0.15) is 67.4 Å². The topological polar surface area (TPSA) is 37.8 Å². The van der Waals surface area contributed by atoms with E-state index in [4.69, 9.17) is 4.98 Å². The van der Waals surface area contributed by atoms with E-state index in [2.05, 4.69) is 23.4 Å². The van der Waals surface area contributed by atoms with Crippen LogP contribution in [-0.4, -0.2) is 22.3 Å². The Morgan fingerprint density at radius 1 is 1.32 bits per heavy atom. The highest BCUT2D eigenvalue weighted by atomic mass is 32.2. The third-order valence-corrected chi connectivity index (χ3v) is 5.49. The molecule has 3 nitrogen and oxygen atoms in total. The van der Waals surface area contributed by atoms with Gasteiger partial charge < -0.3 is 5.32 Å². The van der Waals surface area contributed by atoms with E-state index in [0.29, 0.717) is 11.3 Å². The third kappa shape index (κ3) is 2.95. The number of aromatic nitrogens is 2. The second-order valence-electron chi connectivity index (χ2n) is 5.49. The Hall–Kier alpha value is -0.610. The zero-order valence-corrected chi connectivity index (χ0v) is 12.5. The van der Waals surface area contributed by atoms with Gasteiger partial charge in [0, 0.05) is 23.5 Å². The summed E-state index contributed by atoms with van der Waals surface area (Å²) in [7, 11) is 0. The first-order valence-corrected chi connectivity index (χ1v) is 8.64. The fraction of sp³-hybridized carbons (Fsp3) is 0.733. The summed E-state index contributed by atoms with van der Waals surface area (Å²) in [4.78, 5) is 9.57. The van der Waals surface area contributed by atoms with E-state index >= 15 is 0 Å². The number of hydrogen-bond acceptors (Lipinski definition) is 4. The maximum Gasteiger partial charge on any atom is 0.141 e. The molecule has 1 fully saturated rings. The van der Waals surface area contributed by atoms with Gasteiger partial charge in [-0.05, 0) is 44.4 Å². The van der Waals surface area contributed by atoms with Crippen LogP contribution in [0.15, 0.2) is 6.20 Å². The lowest BCUT2D eigenvalue weighted by atomic mass is 9.92. The van der Waals surface area contributed by atoms with E-state index in [0.717, 1.165) is 18.8 Å². The van der Waals surface area contributed by atoms with E-state index < -0.39 is 0 Å². The van der Waals surface area contributed by atoms with E-state index in [-0.39, 0.29) is 0 Å². The monoisotopic (exact) mass is 277 g/mol. The van der Waals surface area contributed by atoms with Crippen LogP contribution in [0.4, 0.5) is 0 Å². The Kier molecular flexibility index (Phi) is 4.38. The molecule has 0 aromatic carbocycles. The predicted molar refractivity (Wildman–Crippen MR) is 80.4 cm³/mol. The molecule has 2 unspecified atom stereocenters. The van der Waals surface area contributed by atoms with Crippen LogP contribution in [0.25, 0.3) is 0 Å². The van der Waals surface area contributed by atoms with Gasteiger partial charge in [-0.1, -0.05) is 13.3 Å². The first-order valence-electron chi connectivity index (χ1n) is 7.59. The van der Waals surface area contributed by atoms with Crippen molar-refractivity contribution in [1.82, 2.24) is 15.3 Å². The van der Waals surface area contributed by atoms with Crippen molar-refractivity contribution in [3.8, 4) is 0 Å². The van der Waals surface area contributed by atoms with Crippen molar-refractivity contribution in [3.63, 3.8) is 0 Å². The van der Waals surface area contributed by atoms with Gasteiger partial charge in [-0.25, -0.2) is 9.97 Å². The highest BCUT2D eigenvalue weighted by Crippen LogP contribution is 2.37. The minimum absolute atomic E-state index is 0.474. The molecule has 1 saturated heterocycles. The lowest BCUT2D eigenvalue weighted by Gasteiger charge is -2.27. The van der Waals surface area contributed by atoms with E-state index in [9.17, 15) is 0 Å². The van der Waals surface area contributed by atoms with Crippen LogP contribution < -0.4 is 5.32 Å². The smallest absolute Gasteiger partial charge is 0.141 e. The van der Waals surface area contributed by atoms with E-state index in [1.807, 2.05) is 11.8 Å². The molecule has 0 amide bonds. The van der Waals surface area contributed by atoms with E-state index in [1.54, 1.807) is 0 Å². The fourth-order valence-corrected chi connectivity index (χ4v) is 4.37. The summed E-state index contributed by atoms with van der Waals surface area (Å²) in [5, 5.41) is 4.09. The van der Waals surface area contributed by atoms with Crippen molar-refractivity contribution in [2.75, 3.05) is 12.3 Å². The number of hydrogen-bond donors (Lipinski definition) is 1. The Morgan fingerprint density at radius 3 is 3.05 bits per heavy atom. The number of nitrogens with zero attached hydrogens (tertiary/aromatic N) is 2. The molecule has 3 rings (SSSR count). The standard InChI is InChI=1S/C15H23N3S/c1-2-16-12-6-5-7-13-11(12)10-17-15(18-13)14-8-3-4-9-19-14/h10,12,14,16H,2-9H2,1H3. The number of aryl methyl sites for hydroxylation is 1. The van der Waals surface area contributed by atoms with E-state index in [1.165, 1.54) is 49.1 Å². The summed E-state index contributed by atoms with van der Waals surface area (Å²) in [5.41, 5.74) is 2.64. The van der Waals surface area contributed by atoms with Crippen LogP contribution in [0, 0.1) is 0 Å². The van der Waals surface area contributed by atoms with Gasteiger partial charge in [0.15, 0.2) is 0 Å². The normalized spacial score (nSPS) is 27.0. The molecular weight excluding hydrogens is 254 g/mol. The van der Waals surface area contributed by atoms with Crippen molar-refractivity contribution in [3.05, 3.63) is 23.3 Å². The van der Waals surface area contributed by atoms with Crippen LogP contribution >= 0.6 is 11.8 Å². The van der Waals surface area contributed by atoms with Gasteiger partial charge in [0.2, 0.25) is 0 Å². The summed E-state index contributed by atoms with van der Waals surface area (Å²) in [6.07, 6.45) is 9.64. The Balaban J connectivity index is 1.82. The second-order valence-corrected chi connectivity index (χ2v) is 6.80. The number of thioether (sulfide) groups is 1. The fourth-order valence-electron chi connectivity index (χ4n) is 3.12. The highest BCUT2D eigenvalue weighted by molar-refractivity contribution is 7.99. The molecule has 0 radical (unpaired) electrons. The molecule has 1 aromatic rings. The number of nitrogens with one attached hydrogen (secondary N) is 1. The molecule has 1 aliphatic carbocycles. The summed E-state index contributed by atoms with van der Waals surface area (Å²) in [5.74, 6) is 2.35. The average molecular weight is 277 g/mol. The van der Waals surface area contributed by atoms with Crippen molar-refractivity contribution in [2.45, 2.75) is 56.7 Å². The summed E-state index contributed by atoms with van der Waals surface area (Å²) >= 11 is 2.04. The minimum atomic E-state index is 0.474. The zero-order valence-electron chi connectivity index (χ0n) is 11.7. The zero-order chi connectivity index (χ0) is 13.1. The molecule has 1 N–H and O–H groups in total. The molecule has 19 heavy (non-hydrogen) atoms. The molecule has 4 heteroatoms.